The Kier molecular flexibility index (Phi) is 7.93. The first kappa shape index (κ1) is 25.2. The number of hydrogen-bond acceptors (Lipinski definition) is 6. The van der Waals surface area contributed by atoms with Gasteiger partial charge in [-0.2, -0.15) is 13.2 Å². The molecule has 0 aliphatic rings. The standard InChI is InChI=1S/C24H22F3N3O3S/c1-14(2)33-22(32)17-9-11-18(12-10-17)28-21(31)15(3)34-23-29-19(16-7-5-4-6-8-16)13-20(30-23)24(25,26)27/h4-15H,1-3H3,(H,28,31). The highest BCUT2D eigenvalue weighted by Gasteiger charge is 2.34. The van der Waals surface area contributed by atoms with Gasteiger partial charge >= 0.3 is 12.1 Å². The lowest BCUT2D eigenvalue weighted by molar-refractivity contribution is -0.141. The molecule has 0 aliphatic carbocycles. The maximum Gasteiger partial charge on any atom is 0.433 e. The zero-order chi connectivity index (χ0) is 24.9. The van der Waals surface area contributed by atoms with Gasteiger partial charge in [-0.05, 0) is 51.1 Å². The monoisotopic (exact) mass is 489 g/mol. The van der Waals surface area contributed by atoms with Crippen LogP contribution in [0.25, 0.3) is 11.3 Å². The van der Waals surface area contributed by atoms with Crippen molar-refractivity contribution < 1.29 is 27.5 Å². The number of aromatic nitrogens is 2. The van der Waals surface area contributed by atoms with E-state index in [0.717, 1.165) is 17.8 Å². The van der Waals surface area contributed by atoms with E-state index >= 15 is 0 Å². The van der Waals surface area contributed by atoms with E-state index in [9.17, 15) is 22.8 Å². The number of carbonyl (C=O) groups is 2. The van der Waals surface area contributed by atoms with Crippen molar-refractivity contribution in [2.24, 2.45) is 0 Å². The Hall–Kier alpha value is -3.40. The first-order chi connectivity index (χ1) is 16.0. The van der Waals surface area contributed by atoms with E-state index in [1.165, 1.54) is 12.1 Å². The summed E-state index contributed by atoms with van der Waals surface area (Å²) in [6.07, 6.45) is -4.92. The van der Waals surface area contributed by atoms with E-state index in [4.69, 9.17) is 4.74 Å². The van der Waals surface area contributed by atoms with Gasteiger partial charge in [-0.25, -0.2) is 14.8 Å². The van der Waals surface area contributed by atoms with Crippen LogP contribution in [0.15, 0.2) is 65.8 Å². The lowest BCUT2D eigenvalue weighted by Gasteiger charge is -2.14. The summed E-state index contributed by atoms with van der Waals surface area (Å²) in [5.41, 5.74) is 0.293. The van der Waals surface area contributed by atoms with Gasteiger partial charge in [0.25, 0.3) is 0 Å². The molecule has 10 heteroatoms. The number of rotatable bonds is 7. The van der Waals surface area contributed by atoms with Crippen LogP contribution in [0, 0.1) is 0 Å². The Morgan fingerprint density at radius 2 is 1.62 bits per heavy atom. The second kappa shape index (κ2) is 10.7. The molecule has 0 saturated carbocycles. The number of halogens is 3. The highest BCUT2D eigenvalue weighted by Crippen LogP contribution is 2.33. The summed E-state index contributed by atoms with van der Waals surface area (Å²) in [4.78, 5) is 32.4. The van der Waals surface area contributed by atoms with Gasteiger partial charge in [-0.3, -0.25) is 4.79 Å². The smallest absolute Gasteiger partial charge is 0.433 e. The Labute approximate surface area is 199 Å². The van der Waals surface area contributed by atoms with Gasteiger partial charge in [0.1, 0.15) is 5.69 Å². The van der Waals surface area contributed by atoms with E-state index in [1.807, 2.05) is 0 Å². The summed E-state index contributed by atoms with van der Waals surface area (Å²) in [5.74, 6) is -0.933. The molecule has 0 saturated heterocycles. The molecule has 0 radical (unpaired) electrons. The molecule has 3 rings (SSSR count). The van der Waals surface area contributed by atoms with E-state index in [0.29, 0.717) is 16.8 Å². The zero-order valence-corrected chi connectivity index (χ0v) is 19.4. The molecular formula is C24H22F3N3O3S. The Morgan fingerprint density at radius 3 is 2.21 bits per heavy atom. The summed E-state index contributed by atoms with van der Waals surface area (Å²) in [7, 11) is 0. The predicted octanol–water partition coefficient (Wildman–Crippen LogP) is 5.85. The molecular weight excluding hydrogens is 467 g/mol. The van der Waals surface area contributed by atoms with Crippen LogP contribution >= 0.6 is 11.8 Å². The SMILES string of the molecule is CC(C)OC(=O)c1ccc(NC(=O)C(C)Sc2nc(-c3ccccc3)cc(C(F)(F)F)n2)cc1. The molecule has 1 amide bonds. The summed E-state index contributed by atoms with van der Waals surface area (Å²) < 4.78 is 45.3. The molecule has 0 bridgehead atoms. The molecule has 3 aromatic rings. The average molecular weight is 490 g/mol. The van der Waals surface area contributed by atoms with Crippen LogP contribution in [0.2, 0.25) is 0 Å². The van der Waals surface area contributed by atoms with Gasteiger partial charge < -0.3 is 10.1 Å². The number of hydrogen-bond donors (Lipinski definition) is 1. The van der Waals surface area contributed by atoms with Crippen LogP contribution in [-0.4, -0.2) is 33.2 Å². The highest BCUT2D eigenvalue weighted by molar-refractivity contribution is 8.00. The van der Waals surface area contributed by atoms with E-state index in [-0.39, 0.29) is 17.0 Å². The maximum absolute atomic E-state index is 13.4. The normalized spacial score (nSPS) is 12.3. The number of thioether (sulfide) groups is 1. The number of amides is 1. The number of nitrogens with one attached hydrogen (secondary N) is 1. The van der Waals surface area contributed by atoms with Gasteiger partial charge in [-0.1, -0.05) is 42.1 Å². The van der Waals surface area contributed by atoms with Crippen molar-refractivity contribution >= 4 is 29.3 Å². The second-order valence-electron chi connectivity index (χ2n) is 7.57. The van der Waals surface area contributed by atoms with Crippen molar-refractivity contribution in [2.75, 3.05) is 5.32 Å². The van der Waals surface area contributed by atoms with Crippen LogP contribution < -0.4 is 5.32 Å². The first-order valence-electron chi connectivity index (χ1n) is 10.3. The van der Waals surface area contributed by atoms with Crippen molar-refractivity contribution in [3.63, 3.8) is 0 Å². The molecule has 1 heterocycles. The summed E-state index contributed by atoms with van der Waals surface area (Å²) in [6.45, 7) is 5.02. The number of nitrogens with zero attached hydrogens (tertiary/aromatic N) is 2. The lowest BCUT2D eigenvalue weighted by atomic mass is 10.1. The van der Waals surface area contributed by atoms with E-state index < -0.39 is 29.0 Å². The van der Waals surface area contributed by atoms with E-state index in [1.54, 1.807) is 63.2 Å². The summed E-state index contributed by atoms with van der Waals surface area (Å²) in [6, 6.07) is 15.4. The van der Waals surface area contributed by atoms with Crippen molar-refractivity contribution in [1.82, 2.24) is 9.97 Å². The van der Waals surface area contributed by atoms with Crippen molar-refractivity contribution in [3.05, 3.63) is 71.9 Å². The average Bonchev–Trinajstić information content (AvgIpc) is 2.79. The molecule has 178 valence electrons. The number of alkyl halides is 3. The van der Waals surface area contributed by atoms with Crippen molar-refractivity contribution in [3.8, 4) is 11.3 Å². The van der Waals surface area contributed by atoms with Crippen LogP contribution in [0.5, 0.6) is 0 Å². The van der Waals surface area contributed by atoms with Crippen LogP contribution in [0.3, 0.4) is 0 Å². The fourth-order valence-corrected chi connectivity index (χ4v) is 3.59. The third-order valence-corrected chi connectivity index (χ3v) is 5.41. The highest BCUT2D eigenvalue weighted by atomic mass is 32.2. The number of esters is 1. The molecule has 6 nitrogen and oxygen atoms in total. The molecule has 1 N–H and O–H groups in total. The van der Waals surface area contributed by atoms with E-state index in [2.05, 4.69) is 15.3 Å². The Morgan fingerprint density at radius 1 is 0.971 bits per heavy atom. The first-order valence-corrected chi connectivity index (χ1v) is 11.2. The molecule has 34 heavy (non-hydrogen) atoms. The molecule has 1 aromatic heterocycles. The number of ether oxygens (including phenoxy) is 1. The lowest BCUT2D eigenvalue weighted by Crippen LogP contribution is -2.23. The maximum atomic E-state index is 13.4. The van der Waals surface area contributed by atoms with Crippen LogP contribution in [-0.2, 0) is 15.7 Å². The Bertz CT molecular complexity index is 1150. The third kappa shape index (κ3) is 6.80. The topological polar surface area (TPSA) is 81.2 Å². The van der Waals surface area contributed by atoms with Gasteiger partial charge in [-0.15, -0.1) is 0 Å². The number of benzene rings is 2. The molecule has 0 spiro atoms. The van der Waals surface area contributed by atoms with Gasteiger partial charge in [0.05, 0.1) is 22.6 Å². The summed E-state index contributed by atoms with van der Waals surface area (Å²) >= 11 is 0.817. The molecule has 0 fully saturated rings. The van der Waals surface area contributed by atoms with Crippen molar-refractivity contribution in [2.45, 2.75) is 43.5 Å². The number of carbonyl (C=O) groups excluding carboxylic acids is 2. The predicted molar refractivity (Wildman–Crippen MR) is 123 cm³/mol. The third-order valence-electron chi connectivity index (χ3n) is 4.45. The largest absolute Gasteiger partial charge is 0.459 e. The molecule has 1 unspecified atom stereocenters. The molecule has 1 atom stereocenters. The molecule has 2 aromatic carbocycles. The zero-order valence-electron chi connectivity index (χ0n) is 18.6. The van der Waals surface area contributed by atoms with Crippen LogP contribution in [0.4, 0.5) is 18.9 Å². The minimum atomic E-state index is -4.66. The van der Waals surface area contributed by atoms with Gasteiger partial charge in [0, 0.05) is 11.3 Å². The fraction of sp³-hybridized carbons (Fsp3) is 0.250. The quantitative estimate of drug-likeness (QED) is 0.255. The van der Waals surface area contributed by atoms with Crippen LogP contribution in [0.1, 0.15) is 36.8 Å². The molecule has 0 aliphatic heterocycles. The minimum Gasteiger partial charge on any atom is -0.459 e. The summed E-state index contributed by atoms with van der Waals surface area (Å²) in [5, 5.41) is 1.71. The number of anilines is 1. The minimum absolute atomic E-state index is 0.113. The fourth-order valence-electron chi connectivity index (χ4n) is 2.81. The van der Waals surface area contributed by atoms with Gasteiger partial charge in [0.2, 0.25) is 5.91 Å². The second-order valence-corrected chi connectivity index (χ2v) is 8.87. The van der Waals surface area contributed by atoms with Crippen molar-refractivity contribution in [1.29, 1.82) is 0 Å². The Balaban J connectivity index is 1.74. The van der Waals surface area contributed by atoms with Gasteiger partial charge in [0.15, 0.2) is 5.16 Å².